The summed E-state index contributed by atoms with van der Waals surface area (Å²) in [5, 5.41) is 3.19. The average Bonchev–Trinajstić information content (AvgIpc) is 2.48. The van der Waals surface area contributed by atoms with Crippen molar-refractivity contribution in [3.8, 4) is 0 Å². The Kier molecular flexibility index (Phi) is 5.60. The van der Waals surface area contributed by atoms with Crippen LogP contribution in [0.25, 0.3) is 0 Å². The van der Waals surface area contributed by atoms with Gasteiger partial charge in [-0.3, -0.25) is 0 Å². The molecule has 0 atom stereocenters. The van der Waals surface area contributed by atoms with Crippen molar-refractivity contribution in [3.05, 3.63) is 15.1 Å². The van der Waals surface area contributed by atoms with E-state index in [1.54, 1.807) is 0 Å². The lowest BCUT2D eigenvalue weighted by molar-refractivity contribution is -0.0767. The van der Waals surface area contributed by atoms with Gasteiger partial charge in [-0.15, -0.1) is 0 Å². The fourth-order valence-corrected chi connectivity index (χ4v) is 3.82. The third kappa shape index (κ3) is 3.08. The monoisotopic (exact) mass is 389 g/mol. The van der Waals surface area contributed by atoms with Crippen molar-refractivity contribution < 1.29 is 4.74 Å². The number of anilines is 1. The second kappa shape index (κ2) is 7.02. The van der Waals surface area contributed by atoms with Gasteiger partial charge in [-0.05, 0) is 48.8 Å². The quantitative estimate of drug-likeness (QED) is 0.777. The lowest BCUT2D eigenvalue weighted by Gasteiger charge is -2.36. The molecule has 0 bridgehead atoms. The van der Waals surface area contributed by atoms with Crippen molar-refractivity contribution in [2.45, 2.75) is 58.0 Å². The van der Waals surface area contributed by atoms with Gasteiger partial charge in [0.05, 0.1) is 9.26 Å². The van der Waals surface area contributed by atoms with Gasteiger partial charge in [0.2, 0.25) is 0 Å². The first-order valence-corrected chi connectivity index (χ1v) is 8.63. The zero-order chi connectivity index (χ0) is 14.6. The molecule has 1 N–H and O–H groups in total. The Balaban J connectivity index is 2.47. The molecule has 0 aliphatic heterocycles. The number of aryl methyl sites for hydroxylation is 1. The topological polar surface area (TPSA) is 47.0 Å². The van der Waals surface area contributed by atoms with E-state index >= 15 is 0 Å². The van der Waals surface area contributed by atoms with Gasteiger partial charge in [-0.1, -0.05) is 26.2 Å². The van der Waals surface area contributed by atoms with E-state index in [-0.39, 0.29) is 5.60 Å². The molecule has 1 fully saturated rings. The number of nitrogens with zero attached hydrogens (tertiary/aromatic N) is 2. The first-order chi connectivity index (χ1) is 9.66. The number of rotatable bonds is 5. The van der Waals surface area contributed by atoms with Gasteiger partial charge in [-0.25, -0.2) is 9.97 Å². The number of halogens is 1. The van der Waals surface area contributed by atoms with Crippen LogP contribution in [0.3, 0.4) is 0 Å². The fourth-order valence-electron chi connectivity index (χ4n) is 2.93. The van der Waals surface area contributed by atoms with Crippen LogP contribution in [0.1, 0.15) is 57.5 Å². The molecule has 0 spiro atoms. The Morgan fingerprint density at radius 1 is 1.20 bits per heavy atom. The smallest absolute Gasteiger partial charge is 0.162 e. The molecule has 1 aliphatic rings. The molecule has 0 aromatic carbocycles. The molecule has 1 heterocycles. The van der Waals surface area contributed by atoms with Crippen molar-refractivity contribution in [1.29, 1.82) is 0 Å². The number of hydrogen-bond donors (Lipinski definition) is 1. The van der Waals surface area contributed by atoms with Crippen LogP contribution in [-0.4, -0.2) is 23.6 Å². The Morgan fingerprint density at radius 2 is 1.90 bits per heavy atom. The number of aromatic nitrogens is 2. The summed E-state index contributed by atoms with van der Waals surface area (Å²) in [6, 6.07) is 0. The van der Waals surface area contributed by atoms with Gasteiger partial charge in [0.1, 0.15) is 11.4 Å². The Labute approximate surface area is 135 Å². The lowest BCUT2D eigenvalue weighted by Crippen LogP contribution is -2.35. The van der Waals surface area contributed by atoms with Crippen molar-refractivity contribution >= 4 is 28.4 Å². The molecule has 0 unspecified atom stereocenters. The van der Waals surface area contributed by atoms with Gasteiger partial charge in [0, 0.05) is 13.7 Å². The molecule has 112 valence electrons. The molecule has 20 heavy (non-hydrogen) atoms. The van der Waals surface area contributed by atoms with Crippen LogP contribution in [0.2, 0.25) is 0 Å². The van der Waals surface area contributed by atoms with Crippen LogP contribution in [0.4, 0.5) is 5.82 Å². The van der Waals surface area contributed by atoms with E-state index in [0.29, 0.717) is 6.61 Å². The van der Waals surface area contributed by atoms with E-state index in [1.165, 1.54) is 19.3 Å². The molecule has 4 nitrogen and oxygen atoms in total. The maximum absolute atomic E-state index is 6.14. The third-order valence-electron chi connectivity index (χ3n) is 3.98. The summed E-state index contributed by atoms with van der Waals surface area (Å²) in [6.07, 6.45) is 6.68. The standard InChI is InChI=1S/C15H24IN3O/c1-4-11-12(16)13(17-3)19-14(18-11)15(20-5-2)9-7-6-8-10-15/h4-10H2,1-3H3,(H,17,18,19). The van der Waals surface area contributed by atoms with E-state index in [4.69, 9.17) is 14.7 Å². The predicted octanol–water partition coefficient (Wildman–Crippen LogP) is 3.88. The zero-order valence-corrected chi connectivity index (χ0v) is 14.8. The molecule has 0 radical (unpaired) electrons. The van der Waals surface area contributed by atoms with Gasteiger partial charge >= 0.3 is 0 Å². The zero-order valence-electron chi connectivity index (χ0n) is 12.6. The highest BCUT2D eigenvalue weighted by Gasteiger charge is 2.38. The van der Waals surface area contributed by atoms with Crippen LogP contribution in [-0.2, 0) is 16.8 Å². The lowest BCUT2D eigenvalue weighted by atomic mass is 9.83. The molecule has 1 aromatic heterocycles. The van der Waals surface area contributed by atoms with Crippen LogP contribution in [0.5, 0.6) is 0 Å². The first kappa shape index (κ1) is 15.9. The van der Waals surface area contributed by atoms with Gasteiger partial charge < -0.3 is 10.1 Å². The molecule has 2 rings (SSSR count). The van der Waals surface area contributed by atoms with Crippen LogP contribution >= 0.6 is 22.6 Å². The summed E-state index contributed by atoms with van der Waals surface area (Å²) in [7, 11) is 1.92. The molecule has 1 aliphatic carbocycles. The van der Waals surface area contributed by atoms with Gasteiger partial charge in [0.25, 0.3) is 0 Å². The second-order valence-corrected chi connectivity index (χ2v) is 6.33. The summed E-state index contributed by atoms with van der Waals surface area (Å²) < 4.78 is 7.26. The second-order valence-electron chi connectivity index (χ2n) is 5.25. The summed E-state index contributed by atoms with van der Waals surface area (Å²) in [5.41, 5.74) is 0.844. The first-order valence-electron chi connectivity index (χ1n) is 7.55. The van der Waals surface area contributed by atoms with Crippen molar-refractivity contribution in [2.24, 2.45) is 0 Å². The largest absolute Gasteiger partial charge is 0.372 e. The number of ether oxygens (including phenoxy) is 1. The molecule has 5 heteroatoms. The average molecular weight is 389 g/mol. The Hall–Kier alpha value is -0.430. The van der Waals surface area contributed by atoms with Crippen molar-refractivity contribution in [1.82, 2.24) is 9.97 Å². The minimum Gasteiger partial charge on any atom is -0.372 e. The summed E-state index contributed by atoms with van der Waals surface area (Å²) in [5.74, 6) is 1.80. The van der Waals surface area contributed by atoms with Crippen molar-refractivity contribution in [2.75, 3.05) is 19.0 Å². The van der Waals surface area contributed by atoms with E-state index in [9.17, 15) is 0 Å². The number of hydrogen-bond acceptors (Lipinski definition) is 4. The van der Waals surface area contributed by atoms with E-state index < -0.39 is 0 Å². The highest BCUT2D eigenvalue weighted by molar-refractivity contribution is 14.1. The molecule has 1 aromatic rings. The minimum absolute atomic E-state index is 0.271. The third-order valence-corrected chi connectivity index (χ3v) is 5.11. The van der Waals surface area contributed by atoms with Crippen LogP contribution in [0, 0.1) is 3.57 Å². The van der Waals surface area contributed by atoms with Gasteiger partial charge in [0.15, 0.2) is 5.82 Å². The van der Waals surface area contributed by atoms with E-state index in [0.717, 1.165) is 40.2 Å². The van der Waals surface area contributed by atoms with Crippen LogP contribution in [0.15, 0.2) is 0 Å². The molecule has 0 saturated heterocycles. The maximum Gasteiger partial charge on any atom is 0.162 e. The molecule has 1 saturated carbocycles. The normalized spacial score (nSPS) is 18.0. The Bertz CT molecular complexity index is 428. The van der Waals surface area contributed by atoms with Gasteiger partial charge in [-0.2, -0.15) is 0 Å². The van der Waals surface area contributed by atoms with E-state index in [2.05, 4.69) is 41.8 Å². The predicted molar refractivity (Wildman–Crippen MR) is 90.1 cm³/mol. The highest BCUT2D eigenvalue weighted by atomic mass is 127. The maximum atomic E-state index is 6.14. The SMILES string of the molecule is CCOC1(c2nc(CC)c(I)c(NC)n2)CCCCC1. The molecule has 0 amide bonds. The summed E-state index contributed by atoms with van der Waals surface area (Å²) >= 11 is 2.33. The summed E-state index contributed by atoms with van der Waals surface area (Å²) in [4.78, 5) is 9.59. The fraction of sp³-hybridized carbons (Fsp3) is 0.733. The highest BCUT2D eigenvalue weighted by Crippen LogP contribution is 2.39. The number of nitrogens with one attached hydrogen (secondary N) is 1. The molecular formula is C15H24IN3O. The minimum atomic E-state index is -0.271. The molecular weight excluding hydrogens is 365 g/mol. The van der Waals surface area contributed by atoms with Crippen molar-refractivity contribution in [3.63, 3.8) is 0 Å². The Morgan fingerprint density at radius 3 is 2.45 bits per heavy atom. The van der Waals surface area contributed by atoms with E-state index in [1.807, 2.05) is 7.05 Å². The van der Waals surface area contributed by atoms with Crippen LogP contribution < -0.4 is 5.32 Å². The summed E-state index contributed by atoms with van der Waals surface area (Å²) in [6.45, 7) is 4.91.